The maximum Gasteiger partial charge on any atom is 0.206 e. The van der Waals surface area contributed by atoms with Crippen molar-refractivity contribution in [1.82, 2.24) is 10.2 Å². The highest BCUT2D eigenvalue weighted by Crippen LogP contribution is 2.14. The van der Waals surface area contributed by atoms with E-state index in [1.54, 1.807) is 12.1 Å². The number of hydrogen-bond donors (Lipinski definition) is 1. The van der Waals surface area contributed by atoms with Gasteiger partial charge in [0.25, 0.3) is 0 Å². The van der Waals surface area contributed by atoms with Crippen LogP contribution < -0.4 is 5.32 Å². The number of benzene rings is 1. The van der Waals surface area contributed by atoms with Gasteiger partial charge in [-0.3, -0.25) is 4.79 Å². The molecule has 0 aliphatic heterocycles. The lowest BCUT2D eigenvalue weighted by molar-refractivity contribution is 0.101. The number of nitrogens with one attached hydrogen (secondary N) is 1. The average Bonchev–Trinajstić information content (AvgIpc) is 2.73. The van der Waals surface area contributed by atoms with Crippen molar-refractivity contribution in [3.8, 4) is 0 Å². The summed E-state index contributed by atoms with van der Waals surface area (Å²) in [6.07, 6.45) is 0. The summed E-state index contributed by atoms with van der Waals surface area (Å²) >= 11 is 4.76. The molecular formula is C11H10BrN3OS. The molecule has 1 N–H and O–H groups in total. The van der Waals surface area contributed by atoms with Gasteiger partial charge in [0.05, 0.1) is 6.54 Å². The number of aromatic nitrogens is 2. The number of rotatable bonds is 4. The van der Waals surface area contributed by atoms with Crippen LogP contribution in [0.5, 0.6) is 0 Å². The molecule has 4 nitrogen and oxygen atoms in total. The zero-order valence-corrected chi connectivity index (χ0v) is 11.5. The third-order valence-corrected chi connectivity index (χ3v) is 3.42. The number of hydrogen-bond acceptors (Lipinski definition) is 5. The van der Waals surface area contributed by atoms with Gasteiger partial charge in [-0.05, 0) is 19.1 Å². The van der Waals surface area contributed by atoms with Crippen LogP contribution in [-0.2, 0) is 0 Å². The van der Waals surface area contributed by atoms with E-state index in [1.165, 1.54) is 11.3 Å². The van der Waals surface area contributed by atoms with E-state index >= 15 is 0 Å². The summed E-state index contributed by atoms with van der Waals surface area (Å²) in [5.41, 5.74) is 0.682. The van der Waals surface area contributed by atoms with Crippen LogP contribution >= 0.6 is 27.3 Å². The summed E-state index contributed by atoms with van der Waals surface area (Å²) in [6, 6.07) is 7.28. The number of Topliss-reactive ketones (excluding diaryl/α,β-unsaturated/α-hetero) is 1. The van der Waals surface area contributed by atoms with Crippen LogP contribution in [0, 0.1) is 6.92 Å². The second kappa shape index (κ2) is 5.37. The van der Waals surface area contributed by atoms with Crippen LogP contribution in [0.25, 0.3) is 0 Å². The van der Waals surface area contributed by atoms with Gasteiger partial charge >= 0.3 is 0 Å². The van der Waals surface area contributed by atoms with Gasteiger partial charge in [-0.1, -0.05) is 39.4 Å². The lowest BCUT2D eigenvalue weighted by atomic mass is 10.1. The van der Waals surface area contributed by atoms with Crippen molar-refractivity contribution in [1.29, 1.82) is 0 Å². The summed E-state index contributed by atoms with van der Waals surface area (Å²) in [7, 11) is 0. The van der Waals surface area contributed by atoms with Gasteiger partial charge in [0.15, 0.2) is 5.78 Å². The molecule has 0 atom stereocenters. The highest BCUT2D eigenvalue weighted by molar-refractivity contribution is 9.10. The molecule has 0 saturated heterocycles. The van der Waals surface area contributed by atoms with Gasteiger partial charge in [0.1, 0.15) is 5.01 Å². The Morgan fingerprint density at radius 2 is 2.06 bits per heavy atom. The summed E-state index contributed by atoms with van der Waals surface area (Å²) in [4.78, 5) is 11.8. The van der Waals surface area contributed by atoms with Crippen molar-refractivity contribution in [3.05, 3.63) is 39.3 Å². The molecule has 6 heteroatoms. The number of carbonyl (C=O) groups is 1. The molecule has 1 aromatic heterocycles. The molecule has 0 aliphatic carbocycles. The number of aryl methyl sites for hydroxylation is 1. The first kappa shape index (κ1) is 12.2. The molecule has 0 radical (unpaired) electrons. The molecule has 0 saturated carbocycles. The van der Waals surface area contributed by atoms with Gasteiger partial charge < -0.3 is 5.32 Å². The first-order valence-corrected chi connectivity index (χ1v) is 6.59. The maximum absolute atomic E-state index is 11.8. The lowest BCUT2D eigenvalue weighted by Gasteiger charge is -2.01. The molecule has 0 fully saturated rings. The van der Waals surface area contributed by atoms with E-state index in [9.17, 15) is 4.79 Å². The first-order valence-electron chi connectivity index (χ1n) is 4.98. The number of ketones is 1. The smallest absolute Gasteiger partial charge is 0.206 e. The molecule has 1 aromatic carbocycles. The Labute approximate surface area is 111 Å². The van der Waals surface area contributed by atoms with Gasteiger partial charge in [-0.25, -0.2) is 0 Å². The van der Waals surface area contributed by atoms with Crippen LogP contribution in [0.2, 0.25) is 0 Å². The predicted molar refractivity (Wildman–Crippen MR) is 71.6 cm³/mol. The molecule has 0 spiro atoms. The van der Waals surface area contributed by atoms with Crippen molar-refractivity contribution in [2.45, 2.75) is 6.92 Å². The number of carbonyl (C=O) groups excluding carboxylic acids is 1. The Kier molecular flexibility index (Phi) is 3.86. The Balaban J connectivity index is 1.95. The van der Waals surface area contributed by atoms with E-state index in [0.717, 1.165) is 9.48 Å². The van der Waals surface area contributed by atoms with Crippen LogP contribution in [0.4, 0.5) is 5.13 Å². The molecule has 1 heterocycles. The number of anilines is 1. The SMILES string of the molecule is Cc1nnc(NCC(=O)c2ccc(Br)cc2)s1. The first-order chi connectivity index (χ1) is 8.15. The van der Waals surface area contributed by atoms with Gasteiger partial charge in [0, 0.05) is 10.0 Å². The van der Waals surface area contributed by atoms with Crippen LogP contribution in [0.3, 0.4) is 0 Å². The minimum absolute atomic E-state index is 0.0327. The van der Waals surface area contributed by atoms with Crippen LogP contribution in [0.1, 0.15) is 15.4 Å². The van der Waals surface area contributed by atoms with Crippen molar-refractivity contribution in [3.63, 3.8) is 0 Å². The maximum atomic E-state index is 11.8. The predicted octanol–water partition coefficient (Wildman–Crippen LogP) is 2.90. The zero-order valence-electron chi connectivity index (χ0n) is 9.11. The third kappa shape index (κ3) is 3.34. The molecular weight excluding hydrogens is 302 g/mol. The van der Waals surface area contributed by atoms with E-state index in [2.05, 4.69) is 31.4 Å². The number of nitrogens with zero attached hydrogens (tertiary/aromatic N) is 2. The highest BCUT2D eigenvalue weighted by atomic mass is 79.9. The fraction of sp³-hybridized carbons (Fsp3) is 0.182. The highest BCUT2D eigenvalue weighted by Gasteiger charge is 2.06. The van der Waals surface area contributed by atoms with Crippen molar-refractivity contribution in [2.24, 2.45) is 0 Å². The van der Waals surface area contributed by atoms with Gasteiger partial charge in [-0.15, -0.1) is 10.2 Å². The minimum Gasteiger partial charge on any atom is -0.353 e. The van der Waals surface area contributed by atoms with Crippen molar-refractivity contribution in [2.75, 3.05) is 11.9 Å². The fourth-order valence-electron chi connectivity index (χ4n) is 1.26. The average molecular weight is 312 g/mol. The summed E-state index contributed by atoms with van der Waals surface area (Å²) in [5.74, 6) is 0.0327. The molecule has 0 aliphatic rings. The zero-order chi connectivity index (χ0) is 12.3. The third-order valence-electron chi connectivity index (χ3n) is 2.09. The topological polar surface area (TPSA) is 54.9 Å². The second-order valence-corrected chi connectivity index (χ2v) is 5.51. The Morgan fingerprint density at radius 3 is 2.65 bits per heavy atom. The van der Waals surface area contributed by atoms with Crippen LogP contribution in [0.15, 0.2) is 28.7 Å². The standard InChI is InChI=1S/C11H10BrN3OS/c1-7-14-15-11(17-7)13-6-10(16)8-2-4-9(12)5-3-8/h2-5H,6H2,1H3,(H,13,15). The Morgan fingerprint density at radius 1 is 1.35 bits per heavy atom. The molecule has 0 unspecified atom stereocenters. The van der Waals surface area contributed by atoms with E-state index in [0.29, 0.717) is 10.7 Å². The van der Waals surface area contributed by atoms with Crippen molar-refractivity contribution >= 4 is 38.2 Å². The molecule has 0 bridgehead atoms. The van der Waals surface area contributed by atoms with E-state index in [4.69, 9.17) is 0 Å². The van der Waals surface area contributed by atoms with Crippen molar-refractivity contribution < 1.29 is 4.79 Å². The minimum atomic E-state index is 0.0327. The van der Waals surface area contributed by atoms with E-state index in [-0.39, 0.29) is 12.3 Å². The molecule has 0 amide bonds. The number of halogens is 1. The second-order valence-electron chi connectivity index (χ2n) is 3.41. The summed E-state index contributed by atoms with van der Waals surface area (Å²) in [5, 5.41) is 12.3. The lowest BCUT2D eigenvalue weighted by Crippen LogP contribution is -2.13. The van der Waals surface area contributed by atoms with E-state index < -0.39 is 0 Å². The fourth-order valence-corrected chi connectivity index (χ4v) is 2.11. The van der Waals surface area contributed by atoms with Gasteiger partial charge in [0.2, 0.25) is 5.13 Å². The molecule has 88 valence electrons. The largest absolute Gasteiger partial charge is 0.353 e. The van der Waals surface area contributed by atoms with E-state index in [1.807, 2.05) is 19.1 Å². The van der Waals surface area contributed by atoms with Gasteiger partial charge in [-0.2, -0.15) is 0 Å². The molecule has 17 heavy (non-hydrogen) atoms. The normalized spacial score (nSPS) is 10.2. The quantitative estimate of drug-likeness (QED) is 0.882. The monoisotopic (exact) mass is 311 g/mol. The Bertz CT molecular complexity index is 524. The summed E-state index contributed by atoms with van der Waals surface area (Å²) < 4.78 is 0.960. The van der Waals surface area contributed by atoms with Crippen LogP contribution in [-0.4, -0.2) is 22.5 Å². The Hall–Kier alpha value is -1.27. The molecule has 2 aromatic rings. The molecule has 2 rings (SSSR count). The summed E-state index contributed by atoms with van der Waals surface area (Å²) in [6.45, 7) is 2.11.